The summed E-state index contributed by atoms with van der Waals surface area (Å²) in [4.78, 5) is 25.0. The average Bonchev–Trinajstić information content (AvgIpc) is 2.50. The lowest BCUT2D eigenvalue weighted by Crippen LogP contribution is -2.55. The molecule has 4 heteroatoms. The SMILES string of the molecule is CCCCCCCC(=O)N(NC(=O)c1cccc(C)c1)C(C)(C)C. The molecule has 0 atom stereocenters. The molecule has 1 rings (SSSR count). The van der Waals surface area contributed by atoms with Gasteiger partial charge in [-0.15, -0.1) is 0 Å². The number of hydrogen-bond donors (Lipinski definition) is 1. The molecule has 0 spiro atoms. The molecule has 0 aliphatic carbocycles. The highest BCUT2D eigenvalue weighted by molar-refractivity contribution is 5.95. The summed E-state index contributed by atoms with van der Waals surface area (Å²) in [6.07, 6.45) is 5.95. The molecule has 2 amide bonds. The minimum Gasteiger partial charge on any atom is -0.273 e. The van der Waals surface area contributed by atoms with Crippen LogP contribution in [0, 0.1) is 6.92 Å². The molecule has 4 nitrogen and oxygen atoms in total. The van der Waals surface area contributed by atoms with Crippen LogP contribution in [0.25, 0.3) is 0 Å². The Morgan fingerprint density at radius 2 is 1.75 bits per heavy atom. The van der Waals surface area contributed by atoms with Gasteiger partial charge in [-0.3, -0.25) is 15.0 Å². The lowest BCUT2D eigenvalue weighted by atomic mass is 10.1. The summed E-state index contributed by atoms with van der Waals surface area (Å²) in [6, 6.07) is 7.38. The summed E-state index contributed by atoms with van der Waals surface area (Å²) in [7, 11) is 0. The fraction of sp³-hybridized carbons (Fsp3) is 0.600. The first-order valence-electron chi connectivity index (χ1n) is 8.96. The summed E-state index contributed by atoms with van der Waals surface area (Å²) in [5, 5.41) is 1.48. The van der Waals surface area contributed by atoms with E-state index in [-0.39, 0.29) is 11.8 Å². The minimum atomic E-state index is -0.458. The van der Waals surface area contributed by atoms with E-state index in [0.717, 1.165) is 24.8 Å². The standard InChI is InChI=1S/C20H32N2O2/c1-6-7-8-9-10-14-18(23)22(20(3,4)5)21-19(24)17-13-11-12-16(2)15-17/h11-13,15H,6-10,14H2,1-5H3,(H,21,24). The zero-order valence-electron chi connectivity index (χ0n) is 15.8. The maximum atomic E-state index is 12.6. The van der Waals surface area contributed by atoms with Crippen LogP contribution in [-0.4, -0.2) is 22.4 Å². The number of unbranched alkanes of at least 4 members (excludes halogenated alkanes) is 4. The highest BCUT2D eigenvalue weighted by atomic mass is 16.2. The van der Waals surface area contributed by atoms with Crippen molar-refractivity contribution in [2.45, 2.75) is 78.7 Å². The molecule has 1 aromatic carbocycles. The first-order chi connectivity index (χ1) is 11.3. The molecule has 0 saturated heterocycles. The Hall–Kier alpha value is -1.84. The molecule has 1 N–H and O–H groups in total. The third-order valence-corrected chi connectivity index (χ3v) is 3.91. The lowest BCUT2D eigenvalue weighted by molar-refractivity contribution is -0.139. The van der Waals surface area contributed by atoms with Gasteiger partial charge in [-0.1, -0.05) is 50.3 Å². The number of nitrogens with zero attached hydrogens (tertiary/aromatic N) is 1. The Morgan fingerprint density at radius 3 is 2.33 bits per heavy atom. The summed E-state index contributed by atoms with van der Waals surface area (Å²) in [5.41, 5.74) is 3.93. The second-order valence-corrected chi connectivity index (χ2v) is 7.37. The van der Waals surface area contributed by atoms with Crippen molar-refractivity contribution >= 4 is 11.8 Å². The van der Waals surface area contributed by atoms with Crippen LogP contribution < -0.4 is 5.43 Å². The van der Waals surface area contributed by atoms with E-state index >= 15 is 0 Å². The summed E-state index contributed by atoms with van der Waals surface area (Å²) in [5.74, 6) is -0.270. The van der Waals surface area contributed by atoms with Crippen molar-refractivity contribution in [2.24, 2.45) is 0 Å². The van der Waals surface area contributed by atoms with Gasteiger partial charge in [0.05, 0.1) is 5.54 Å². The number of rotatable bonds is 7. The molecule has 0 fully saturated rings. The number of aryl methyl sites for hydroxylation is 1. The molecule has 134 valence electrons. The number of nitrogens with one attached hydrogen (secondary N) is 1. The topological polar surface area (TPSA) is 49.4 Å². The molecule has 24 heavy (non-hydrogen) atoms. The van der Waals surface area contributed by atoms with Gasteiger partial charge >= 0.3 is 0 Å². The maximum absolute atomic E-state index is 12.6. The Morgan fingerprint density at radius 1 is 1.08 bits per heavy atom. The smallest absolute Gasteiger partial charge is 0.269 e. The fourth-order valence-electron chi connectivity index (χ4n) is 2.55. The van der Waals surface area contributed by atoms with Gasteiger partial charge in [0.1, 0.15) is 0 Å². The first kappa shape index (κ1) is 20.2. The van der Waals surface area contributed by atoms with Crippen molar-refractivity contribution in [1.82, 2.24) is 10.4 Å². The van der Waals surface area contributed by atoms with Gasteiger partial charge in [-0.05, 0) is 46.2 Å². The number of carbonyl (C=O) groups excluding carboxylic acids is 2. The third kappa shape index (κ3) is 6.73. The van der Waals surface area contributed by atoms with Crippen LogP contribution in [0.5, 0.6) is 0 Å². The predicted octanol–water partition coefficient (Wildman–Crippen LogP) is 4.63. The van der Waals surface area contributed by atoms with E-state index in [0.29, 0.717) is 12.0 Å². The van der Waals surface area contributed by atoms with Gasteiger partial charge in [-0.2, -0.15) is 0 Å². The Balaban J connectivity index is 2.68. The highest BCUT2D eigenvalue weighted by Gasteiger charge is 2.28. The van der Waals surface area contributed by atoms with E-state index in [1.54, 1.807) is 6.07 Å². The molecule has 0 saturated carbocycles. The van der Waals surface area contributed by atoms with Crippen molar-refractivity contribution in [3.05, 3.63) is 35.4 Å². The normalized spacial score (nSPS) is 11.2. The van der Waals surface area contributed by atoms with E-state index < -0.39 is 5.54 Å². The Bertz CT molecular complexity index is 547. The molecule has 0 aromatic heterocycles. The van der Waals surface area contributed by atoms with E-state index in [9.17, 15) is 9.59 Å². The zero-order valence-corrected chi connectivity index (χ0v) is 15.8. The summed E-state index contributed by atoms with van der Waals surface area (Å²) >= 11 is 0. The second-order valence-electron chi connectivity index (χ2n) is 7.37. The van der Waals surface area contributed by atoms with Crippen molar-refractivity contribution < 1.29 is 9.59 Å². The molecule has 0 radical (unpaired) electrons. The van der Waals surface area contributed by atoms with Crippen molar-refractivity contribution in [3.63, 3.8) is 0 Å². The van der Waals surface area contributed by atoms with E-state index in [1.165, 1.54) is 17.9 Å². The van der Waals surface area contributed by atoms with E-state index in [2.05, 4.69) is 12.3 Å². The number of benzene rings is 1. The molecular weight excluding hydrogens is 300 g/mol. The van der Waals surface area contributed by atoms with Crippen molar-refractivity contribution in [1.29, 1.82) is 0 Å². The van der Waals surface area contributed by atoms with Crippen LogP contribution in [0.1, 0.15) is 82.1 Å². The predicted molar refractivity (Wildman–Crippen MR) is 98.6 cm³/mol. The summed E-state index contributed by atoms with van der Waals surface area (Å²) in [6.45, 7) is 9.91. The van der Waals surface area contributed by atoms with Gasteiger partial charge < -0.3 is 0 Å². The van der Waals surface area contributed by atoms with Crippen LogP contribution in [0.3, 0.4) is 0 Å². The van der Waals surface area contributed by atoms with Crippen LogP contribution in [-0.2, 0) is 4.79 Å². The molecular formula is C20H32N2O2. The molecule has 0 bridgehead atoms. The minimum absolute atomic E-state index is 0.0278. The van der Waals surface area contributed by atoms with Gasteiger partial charge in [0, 0.05) is 12.0 Å². The summed E-state index contributed by atoms with van der Waals surface area (Å²) < 4.78 is 0. The van der Waals surface area contributed by atoms with Crippen LogP contribution in [0.15, 0.2) is 24.3 Å². The monoisotopic (exact) mass is 332 g/mol. The average molecular weight is 332 g/mol. The molecule has 0 unspecified atom stereocenters. The molecule has 1 aromatic rings. The maximum Gasteiger partial charge on any atom is 0.269 e. The van der Waals surface area contributed by atoms with Crippen molar-refractivity contribution in [2.75, 3.05) is 0 Å². The molecule has 0 aliphatic heterocycles. The lowest BCUT2D eigenvalue weighted by Gasteiger charge is -2.35. The number of hydrogen-bond acceptors (Lipinski definition) is 2. The van der Waals surface area contributed by atoms with Gasteiger partial charge in [0.15, 0.2) is 0 Å². The van der Waals surface area contributed by atoms with Crippen LogP contribution >= 0.6 is 0 Å². The van der Waals surface area contributed by atoms with E-state index in [4.69, 9.17) is 0 Å². The molecule has 0 heterocycles. The van der Waals surface area contributed by atoms with Crippen molar-refractivity contribution in [3.8, 4) is 0 Å². The zero-order chi connectivity index (χ0) is 18.2. The quantitative estimate of drug-likeness (QED) is 0.585. The Kier molecular flexibility index (Phi) is 7.96. The van der Waals surface area contributed by atoms with Crippen LogP contribution in [0.2, 0.25) is 0 Å². The van der Waals surface area contributed by atoms with Gasteiger partial charge in [-0.25, -0.2) is 5.01 Å². The fourth-order valence-corrected chi connectivity index (χ4v) is 2.55. The van der Waals surface area contributed by atoms with E-state index in [1.807, 2.05) is 45.9 Å². The number of carbonyl (C=O) groups is 2. The second kappa shape index (κ2) is 9.45. The van der Waals surface area contributed by atoms with Gasteiger partial charge in [0.25, 0.3) is 5.91 Å². The van der Waals surface area contributed by atoms with Crippen LogP contribution in [0.4, 0.5) is 0 Å². The number of hydrazine groups is 1. The molecule has 0 aliphatic rings. The van der Waals surface area contributed by atoms with Gasteiger partial charge in [0.2, 0.25) is 5.91 Å². The first-order valence-corrected chi connectivity index (χ1v) is 8.96. The largest absolute Gasteiger partial charge is 0.273 e. The Labute approximate surface area is 146 Å². The highest BCUT2D eigenvalue weighted by Crippen LogP contribution is 2.15. The number of amides is 2. The third-order valence-electron chi connectivity index (χ3n) is 3.91.